The minimum atomic E-state index is -1.03. The van der Waals surface area contributed by atoms with Crippen molar-refractivity contribution in [3.63, 3.8) is 0 Å². The lowest BCUT2D eigenvalue weighted by molar-refractivity contribution is -0.119. The molecule has 0 aliphatic carbocycles. The number of nitrogens with one attached hydrogen (secondary N) is 1. The van der Waals surface area contributed by atoms with Crippen molar-refractivity contribution in [1.82, 2.24) is 0 Å². The van der Waals surface area contributed by atoms with E-state index in [-0.39, 0.29) is 21.2 Å². The molecule has 1 aromatic heterocycles. The first kappa shape index (κ1) is 16.9. The number of benzene rings is 1. The van der Waals surface area contributed by atoms with Crippen molar-refractivity contribution in [3.05, 3.63) is 51.6 Å². The number of hydrogen-bond acceptors (Lipinski definition) is 5. The number of carbonyl (C=O) groups is 3. The second-order valence-corrected chi connectivity index (χ2v) is 5.63. The predicted molar refractivity (Wildman–Crippen MR) is 83.2 cm³/mol. The van der Waals surface area contributed by atoms with Crippen LogP contribution in [0.2, 0.25) is 5.02 Å². The second-order valence-electron chi connectivity index (χ2n) is 4.28. The van der Waals surface area contributed by atoms with E-state index < -0.39 is 30.2 Å². The van der Waals surface area contributed by atoms with Gasteiger partial charge in [0.15, 0.2) is 6.61 Å². The van der Waals surface area contributed by atoms with Crippen LogP contribution in [0, 0.1) is 5.82 Å². The summed E-state index contributed by atoms with van der Waals surface area (Å²) in [6.07, 6.45) is 0. The van der Waals surface area contributed by atoms with Crippen LogP contribution in [0.4, 0.5) is 9.39 Å². The monoisotopic (exact) mass is 356 g/mol. The maximum atomic E-state index is 13.5. The molecule has 0 fully saturated rings. The van der Waals surface area contributed by atoms with Gasteiger partial charge in [0.25, 0.3) is 11.8 Å². The average molecular weight is 357 g/mol. The summed E-state index contributed by atoms with van der Waals surface area (Å²) in [7, 11) is 0. The van der Waals surface area contributed by atoms with Gasteiger partial charge in [0, 0.05) is 5.02 Å². The molecule has 0 aliphatic heterocycles. The molecule has 0 radical (unpaired) electrons. The van der Waals surface area contributed by atoms with E-state index in [1.54, 1.807) is 5.38 Å². The lowest BCUT2D eigenvalue weighted by Crippen LogP contribution is -2.22. The van der Waals surface area contributed by atoms with Gasteiger partial charge in [-0.15, -0.1) is 11.3 Å². The third-order valence-electron chi connectivity index (χ3n) is 2.67. The topological polar surface area (TPSA) is 98.5 Å². The van der Waals surface area contributed by atoms with E-state index in [1.165, 1.54) is 12.1 Å². The van der Waals surface area contributed by atoms with Crippen molar-refractivity contribution >= 4 is 45.7 Å². The van der Waals surface area contributed by atoms with E-state index in [1.807, 2.05) is 0 Å². The Bertz CT molecular complexity index is 778. The number of ether oxygens (including phenoxy) is 1. The van der Waals surface area contributed by atoms with Gasteiger partial charge in [-0.05, 0) is 29.6 Å². The summed E-state index contributed by atoms with van der Waals surface area (Å²) in [5.41, 5.74) is 4.91. The Morgan fingerprint density at radius 3 is 2.70 bits per heavy atom. The summed E-state index contributed by atoms with van der Waals surface area (Å²) >= 11 is 6.76. The fourth-order valence-electron chi connectivity index (χ4n) is 1.63. The van der Waals surface area contributed by atoms with Crippen LogP contribution in [0.25, 0.3) is 0 Å². The highest BCUT2D eigenvalue weighted by Crippen LogP contribution is 2.22. The van der Waals surface area contributed by atoms with Crippen LogP contribution in [0.5, 0.6) is 0 Å². The van der Waals surface area contributed by atoms with Crippen molar-refractivity contribution in [1.29, 1.82) is 0 Å². The van der Waals surface area contributed by atoms with Gasteiger partial charge in [0.05, 0.1) is 11.1 Å². The Hall–Kier alpha value is -2.45. The van der Waals surface area contributed by atoms with E-state index in [4.69, 9.17) is 22.1 Å². The van der Waals surface area contributed by atoms with Gasteiger partial charge in [0.2, 0.25) is 0 Å². The molecule has 0 atom stereocenters. The molecule has 0 aliphatic rings. The molecular weight excluding hydrogens is 347 g/mol. The Morgan fingerprint density at radius 2 is 2.00 bits per heavy atom. The molecule has 2 rings (SSSR count). The third-order valence-corrected chi connectivity index (χ3v) is 3.73. The van der Waals surface area contributed by atoms with E-state index in [9.17, 15) is 18.8 Å². The Balaban J connectivity index is 1.96. The Morgan fingerprint density at radius 1 is 1.26 bits per heavy atom. The van der Waals surface area contributed by atoms with Crippen LogP contribution in [-0.4, -0.2) is 24.4 Å². The van der Waals surface area contributed by atoms with Gasteiger partial charge in [-0.3, -0.25) is 9.59 Å². The van der Waals surface area contributed by atoms with Crippen molar-refractivity contribution < 1.29 is 23.5 Å². The van der Waals surface area contributed by atoms with Crippen LogP contribution in [0.1, 0.15) is 20.7 Å². The SMILES string of the molecule is NC(=O)c1ccsc1NC(=O)COC(=O)c1cc(Cl)ccc1F. The molecule has 120 valence electrons. The standard InChI is InChI=1S/C14H10ClFN2O4S/c15-7-1-2-10(16)9(5-7)14(21)22-6-11(19)18-13-8(12(17)20)3-4-23-13/h1-5H,6H2,(H2,17,20)(H,18,19). The van der Waals surface area contributed by atoms with E-state index >= 15 is 0 Å². The first-order valence-electron chi connectivity index (χ1n) is 6.18. The fourth-order valence-corrected chi connectivity index (χ4v) is 2.61. The minimum Gasteiger partial charge on any atom is -0.452 e. The summed E-state index contributed by atoms with van der Waals surface area (Å²) < 4.78 is 18.2. The van der Waals surface area contributed by atoms with Gasteiger partial charge in [-0.1, -0.05) is 11.6 Å². The van der Waals surface area contributed by atoms with Gasteiger partial charge in [-0.25, -0.2) is 9.18 Å². The minimum absolute atomic E-state index is 0.149. The van der Waals surface area contributed by atoms with Crippen LogP contribution in [-0.2, 0) is 9.53 Å². The molecule has 0 unspecified atom stereocenters. The smallest absolute Gasteiger partial charge is 0.341 e. The predicted octanol–water partition coefficient (Wildman–Crippen LogP) is 2.44. The summed E-state index contributed by atoms with van der Waals surface area (Å²) in [4.78, 5) is 34.6. The summed E-state index contributed by atoms with van der Waals surface area (Å²) in [6, 6.07) is 4.85. The fraction of sp³-hybridized carbons (Fsp3) is 0.0714. The molecule has 9 heteroatoms. The third kappa shape index (κ3) is 4.27. The molecule has 0 bridgehead atoms. The number of nitrogens with two attached hydrogens (primary N) is 1. The maximum Gasteiger partial charge on any atom is 0.341 e. The normalized spacial score (nSPS) is 10.2. The Kier molecular flexibility index (Phi) is 5.30. The molecular formula is C14H10ClFN2O4S. The molecule has 3 N–H and O–H groups in total. The number of anilines is 1. The molecule has 0 saturated heterocycles. The molecule has 0 saturated carbocycles. The molecule has 1 aromatic carbocycles. The largest absolute Gasteiger partial charge is 0.452 e. The van der Waals surface area contributed by atoms with Crippen LogP contribution in [0.15, 0.2) is 29.6 Å². The second kappa shape index (κ2) is 7.21. The lowest BCUT2D eigenvalue weighted by atomic mass is 10.2. The first-order valence-corrected chi connectivity index (χ1v) is 7.43. The van der Waals surface area contributed by atoms with Crippen LogP contribution in [0.3, 0.4) is 0 Å². The molecule has 6 nitrogen and oxygen atoms in total. The Labute approximate surface area is 139 Å². The molecule has 2 amide bonds. The van der Waals surface area contributed by atoms with Crippen molar-refractivity contribution in [2.75, 3.05) is 11.9 Å². The van der Waals surface area contributed by atoms with E-state index in [0.717, 1.165) is 23.5 Å². The lowest BCUT2D eigenvalue weighted by Gasteiger charge is -2.07. The molecule has 0 spiro atoms. The summed E-state index contributed by atoms with van der Waals surface area (Å²) in [6.45, 7) is -0.652. The molecule has 23 heavy (non-hydrogen) atoms. The quantitative estimate of drug-likeness (QED) is 0.804. The molecule has 1 heterocycles. The van der Waals surface area contributed by atoms with E-state index in [0.29, 0.717) is 0 Å². The number of halogens is 2. The number of thiophene rings is 1. The van der Waals surface area contributed by atoms with E-state index in [2.05, 4.69) is 5.32 Å². The number of esters is 1. The zero-order valence-corrected chi connectivity index (χ0v) is 13.0. The highest BCUT2D eigenvalue weighted by Gasteiger charge is 2.17. The summed E-state index contributed by atoms with van der Waals surface area (Å²) in [5, 5.41) is 4.36. The number of primary amides is 1. The van der Waals surface area contributed by atoms with Crippen LogP contribution < -0.4 is 11.1 Å². The van der Waals surface area contributed by atoms with Crippen LogP contribution >= 0.6 is 22.9 Å². The zero-order valence-electron chi connectivity index (χ0n) is 11.5. The first-order chi connectivity index (χ1) is 10.9. The number of amides is 2. The van der Waals surface area contributed by atoms with Crippen molar-refractivity contribution in [2.45, 2.75) is 0 Å². The highest BCUT2D eigenvalue weighted by molar-refractivity contribution is 7.14. The van der Waals surface area contributed by atoms with Crippen molar-refractivity contribution in [3.8, 4) is 0 Å². The van der Waals surface area contributed by atoms with Gasteiger partial charge in [0.1, 0.15) is 10.8 Å². The number of carbonyl (C=O) groups excluding carboxylic acids is 3. The van der Waals surface area contributed by atoms with Gasteiger partial charge in [-0.2, -0.15) is 0 Å². The number of hydrogen-bond donors (Lipinski definition) is 2. The maximum absolute atomic E-state index is 13.5. The molecule has 2 aromatic rings. The summed E-state index contributed by atoms with van der Waals surface area (Å²) in [5.74, 6) is -3.22. The highest BCUT2D eigenvalue weighted by atomic mass is 35.5. The zero-order chi connectivity index (χ0) is 17.0. The average Bonchev–Trinajstić information content (AvgIpc) is 2.95. The van der Waals surface area contributed by atoms with Crippen molar-refractivity contribution in [2.24, 2.45) is 5.73 Å². The van der Waals surface area contributed by atoms with Gasteiger partial charge >= 0.3 is 5.97 Å². The van der Waals surface area contributed by atoms with Gasteiger partial charge < -0.3 is 15.8 Å². The number of rotatable bonds is 5.